The maximum absolute atomic E-state index is 10.4. The molecule has 0 rings (SSSR count). The number of carboxylic acids is 1. The van der Waals surface area contributed by atoms with E-state index in [-0.39, 0.29) is 6.42 Å². The molecule has 0 aliphatic rings. The van der Waals surface area contributed by atoms with Crippen molar-refractivity contribution in [2.75, 3.05) is 0 Å². The van der Waals surface area contributed by atoms with Gasteiger partial charge in [-0.15, -0.1) is 0 Å². The first-order valence-electron chi connectivity index (χ1n) is 10.7. The molecule has 1 atom stereocenters. The number of carbonyl (C=O) groups is 1. The number of allylic oxidation sites excluding steroid dienone is 2. The van der Waals surface area contributed by atoms with Crippen molar-refractivity contribution >= 4 is 5.97 Å². The fourth-order valence-electron chi connectivity index (χ4n) is 3.11. The average molecular weight is 355 g/mol. The first-order valence-corrected chi connectivity index (χ1v) is 10.7. The third-order valence-electron chi connectivity index (χ3n) is 4.71. The lowest BCUT2D eigenvalue weighted by Gasteiger charge is -2.07. The molecule has 0 aromatic carbocycles. The summed E-state index contributed by atoms with van der Waals surface area (Å²) in [7, 11) is 0. The second kappa shape index (κ2) is 19.5. The highest BCUT2D eigenvalue weighted by molar-refractivity contribution is 5.67. The first-order chi connectivity index (χ1) is 12.2. The summed E-state index contributed by atoms with van der Waals surface area (Å²) in [6, 6.07) is 0. The Morgan fingerprint density at radius 1 is 0.760 bits per heavy atom. The fraction of sp³-hybridized carbons (Fsp3) is 0.864. The van der Waals surface area contributed by atoms with Crippen LogP contribution in [-0.2, 0) is 4.79 Å². The molecule has 0 radical (unpaired) electrons. The van der Waals surface area contributed by atoms with Crippen LogP contribution in [0.5, 0.6) is 0 Å². The molecule has 0 aliphatic carbocycles. The van der Waals surface area contributed by atoms with Crippen molar-refractivity contribution in [3.63, 3.8) is 0 Å². The van der Waals surface area contributed by atoms with Gasteiger partial charge in [-0.1, -0.05) is 89.7 Å². The lowest BCUT2D eigenvalue weighted by atomic mass is 10.0. The predicted molar refractivity (Wildman–Crippen MR) is 107 cm³/mol. The van der Waals surface area contributed by atoms with Gasteiger partial charge in [-0.25, -0.2) is 0 Å². The summed E-state index contributed by atoms with van der Waals surface area (Å²) in [6.45, 7) is 2.26. The highest BCUT2D eigenvalue weighted by Gasteiger charge is 2.08. The van der Waals surface area contributed by atoms with Crippen molar-refractivity contribution in [1.82, 2.24) is 0 Å². The van der Waals surface area contributed by atoms with Crippen LogP contribution in [0.3, 0.4) is 0 Å². The van der Waals surface area contributed by atoms with Gasteiger partial charge in [0, 0.05) is 0 Å². The van der Waals surface area contributed by atoms with E-state index < -0.39 is 12.1 Å². The molecular weight excluding hydrogens is 312 g/mol. The van der Waals surface area contributed by atoms with Gasteiger partial charge in [0.05, 0.1) is 12.5 Å². The molecule has 0 saturated heterocycles. The number of carboxylic acid groups (broad SMARTS) is 1. The summed E-state index contributed by atoms with van der Waals surface area (Å²) in [5.74, 6) is -0.909. The van der Waals surface area contributed by atoms with E-state index in [2.05, 4.69) is 19.1 Å². The minimum Gasteiger partial charge on any atom is -0.481 e. The van der Waals surface area contributed by atoms with Crippen molar-refractivity contribution in [3.8, 4) is 0 Å². The van der Waals surface area contributed by atoms with Crippen LogP contribution in [0.1, 0.15) is 116 Å². The van der Waals surface area contributed by atoms with Gasteiger partial charge in [-0.05, 0) is 32.1 Å². The van der Waals surface area contributed by atoms with E-state index in [1.165, 1.54) is 83.5 Å². The SMILES string of the molecule is CCCCCCCC/C=C/CCCCCCCCCC(O)CC(=O)O. The van der Waals surface area contributed by atoms with Crippen molar-refractivity contribution < 1.29 is 15.0 Å². The van der Waals surface area contributed by atoms with Gasteiger partial charge in [0.1, 0.15) is 0 Å². The van der Waals surface area contributed by atoms with Crippen molar-refractivity contribution in [2.45, 2.75) is 122 Å². The molecule has 0 bridgehead atoms. The number of aliphatic carboxylic acids is 1. The molecule has 0 heterocycles. The van der Waals surface area contributed by atoms with Crippen molar-refractivity contribution in [1.29, 1.82) is 0 Å². The zero-order chi connectivity index (χ0) is 18.6. The molecular formula is C22H42O3. The molecule has 148 valence electrons. The summed E-state index contributed by atoms with van der Waals surface area (Å²) >= 11 is 0. The Bertz CT molecular complexity index is 312. The molecule has 2 N–H and O–H groups in total. The monoisotopic (exact) mass is 354 g/mol. The number of hydrogen-bond acceptors (Lipinski definition) is 2. The van der Waals surface area contributed by atoms with Crippen molar-refractivity contribution in [2.24, 2.45) is 0 Å². The second-order valence-electron chi connectivity index (χ2n) is 7.33. The minimum atomic E-state index is -0.909. The summed E-state index contributed by atoms with van der Waals surface area (Å²) in [6.07, 6.45) is 23.7. The van der Waals surface area contributed by atoms with E-state index in [0.717, 1.165) is 12.8 Å². The summed E-state index contributed by atoms with van der Waals surface area (Å²) in [4.78, 5) is 10.4. The van der Waals surface area contributed by atoms with E-state index in [9.17, 15) is 9.90 Å². The minimum absolute atomic E-state index is 0.119. The molecule has 25 heavy (non-hydrogen) atoms. The number of unbranched alkanes of at least 4 members (excludes halogenated alkanes) is 13. The van der Waals surface area contributed by atoms with Crippen LogP contribution in [0.4, 0.5) is 0 Å². The van der Waals surface area contributed by atoms with Gasteiger partial charge >= 0.3 is 5.97 Å². The summed E-state index contributed by atoms with van der Waals surface area (Å²) in [5, 5.41) is 18.0. The Hall–Kier alpha value is -0.830. The topological polar surface area (TPSA) is 57.5 Å². The highest BCUT2D eigenvalue weighted by atomic mass is 16.4. The average Bonchev–Trinajstić information content (AvgIpc) is 2.57. The predicted octanol–water partition coefficient (Wildman–Crippen LogP) is 6.64. The molecule has 0 aliphatic heterocycles. The number of aliphatic hydroxyl groups is 1. The molecule has 0 saturated carbocycles. The Labute approximate surface area is 155 Å². The summed E-state index contributed by atoms with van der Waals surface area (Å²) in [5.41, 5.74) is 0. The van der Waals surface area contributed by atoms with Crippen molar-refractivity contribution in [3.05, 3.63) is 12.2 Å². The van der Waals surface area contributed by atoms with E-state index >= 15 is 0 Å². The Morgan fingerprint density at radius 2 is 1.20 bits per heavy atom. The molecule has 1 unspecified atom stereocenters. The molecule has 0 aromatic heterocycles. The van der Waals surface area contributed by atoms with Gasteiger partial charge in [-0.2, -0.15) is 0 Å². The van der Waals surface area contributed by atoms with Gasteiger partial charge in [0.25, 0.3) is 0 Å². The Balaban J connectivity index is 3.15. The number of aliphatic hydroxyl groups excluding tert-OH is 1. The van der Waals surface area contributed by atoms with E-state index in [1.807, 2.05) is 0 Å². The lowest BCUT2D eigenvalue weighted by Crippen LogP contribution is -2.12. The Kier molecular flexibility index (Phi) is 18.8. The Morgan fingerprint density at radius 3 is 1.68 bits per heavy atom. The van der Waals surface area contributed by atoms with E-state index in [4.69, 9.17) is 5.11 Å². The molecule has 0 aromatic rings. The van der Waals surface area contributed by atoms with E-state index in [0.29, 0.717) is 6.42 Å². The smallest absolute Gasteiger partial charge is 0.305 e. The standard InChI is InChI=1S/C22H42O3/c1-2-3-4-5-6-7-8-9-10-11-12-13-14-15-16-17-18-19-21(23)20-22(24)25/h9-10,21,23H,2-8,11-20H2,1H3,(H,24,25)/b10-9+. The zero-order valence-corrected chi connectivity index (χ0v) is 16.6. The fourth-order valence-corrected chi connectivity index (χ4v) is 3.11. The van der Waals surface area contributed by atoms with Crippen LogP contribution in [0, 0.1) is 0 Å². The largest absolute Gasteiger partial charge is 0.481 e. The lowest BCUT2D eigenvalue weighted by molar-refractivity contribution is -0.139. The molecule has 0 amide bonds. The highest BCUT2D eigenvalue weighted by Crippen LogP contribution is 2.12. The van der Waals surface area contributed by atoms with Crippen LogP contribution in [0.25, 0.3) is 0 Å². The number of hydrogen-bond donors (Lipinski definition) is 2. The molecule has 3 nitrogen and oxygen atoms in total. The summed E-state index contributed by atoms with van der Waals surface area (Å²) < 4.78 is 0. The molecule has 0 spiro atoms. The maximum Gasteiger partial charge on any atom is 0.305 e. The maximum atomic E-state index is 10.4. The van der Waals surface area contributed by atoms with Crippen LogP contribution in [0.2, 0.25) is 0 Å². The van der Waals surface area contributed by atoms with Gasteiger partial charge in [0.15, 0.2) is 0 Å². The van der Waals surface area contributed by atoms with Gasteiger partial charge in [0.2, 0.25) is 0 Å². The first kappa shape index (κ1) is 24.2. The van der Waals surface area contributed by atoms with Gasteiger partial charge in [-0.3, -0.25) is 4.79 Å². The van der Waals surface area contributed by atoms with E-state index in [1.54, 1.807) is 0 Å². The molecule has 0 fully saturated rings. The van der Waals surface area contributed by atoms with Crippen LogP contribution >= 0.6 is 0 Å². The van der Waals surface area contributed by atoms with Crippen LogP contribution in [0.15, 0.2) is 12.2 Å². The third kappa shape index (κ3) is 21.1. The van der Waals surface area contributed by atoms with Crippen LogP contribution in [-0.4, -0.2) is 22.3 Å². The quantitative estimate of drug-likeness (QED) is 0.202. The number of rotatable bonds is 19. The molecule has 3 heteroatoms. The normalized spacial score (nSPS) is 12.7. The van der Waals surface area contributed by atoms with Crippen LogP contribution < -0.4 is 0 Å². The zero-order valence-electron chi connectivity index (χ0n) is 16.6. The third-order valence-corrected chi connectivity index (χ3v) is 4.71. The van der Waals surface area contributed by atoms with Gasteiger partial charge < -0.3 is 10.2 Å². The second-order valence-corrected chi connectivity index (χ2v) is 7.33.